The van der Waals surface area contributed by atoms with E-state index in [0.29, 0.717) is 0 Å². The zero-order valence-electron chi connectivity index (χ0n) is 4.67. The maximum atomic E-state index is 8.36. The molecule has 0 unspecified atom stereocenters. The van der Waals surface area contributed by atoms with Crippen LogP contribution in [0.1, 0.15) is 12.8 Å². The highest BCUT2D eigenvalue weighted by Gasteiger charge is 1.94. The van der Waals surface area contributed by atoms with Gasteiger partial charge in [-0.1, -0.05) is 0 Å². The van der Waals surface area contributed by atoms with Crippen molar-refractivity contribution >= 4 is 6.47 Å². The molecule has 3 heteroatoms. The Hall–Kier alpha value is -0.570. The Morgan fingerprint density at radius 3 is 1.88 bits per heavy atom. The van der Waals surface area contributed by atoms with E-state index in [9.17, 15) is 0 Å². The van der Waals surface area contributed by atoms with E-state index in [1.807, 2.05) is 0 Å². The van der Waals surface area contributed by atoms with Gasteiger partial charge in [-0.2, -0.15) is 0 Å². The fourth-order valence-corrected chi connectivity index (χ4v) is 0.510. The van der Waals surface area contributed by atoms with Gasteiger partial charge in [-0.3, -0.25) is 4.79 Å². The monoisotopic (exact) mass is 118 g/mol. The van der Waals surface area contributed by atoms with E-state index in [2.05, 4.69) is 0 Å². The average molecular weight is 118 g/mol. The Balaban J connectivity index is 0.000000145. The summed E-state index contributed by atoms with van der Waals surface area (Å²) in [4.78, 5) is 8.36. The van der Waals surface area contributed by atoms with Gasteiger partial charge < -0.3 is 9.84 Å². The Morgan fingerprint density at radius 1 is 1.38 bits per heavy atom. The minimum atomic E-state index is -0.250. The fourth-order valence-electron chi connectivity index (χ4n) is 0.510. The molecule has 1 saturated heterocycles. The molecule has 1 aliphatic rings. The van der Waals surface area contributed by atoms with Crippen LogP contribution < -0.4 is 0 Å². The number of rotatable bonds is 0. The van der Waals surface area contributed by atoms with Crippen molar-refractivity contribution in [3.63, 3.8) is 0 Å². The highest BCUT2D eigenvalue weighted by Crippen LogP contribution is 1.98. The van der Waals surface area contributed by atoms with Crippen molar-refractivity contribution in [2.24, 2.45) is 0 Å². The SMILES string of the molecule is C1CCOC1.O=CO. The molecule has 1 aliphatic heterocycles. The summed E-state index contributed by atoms with van der Waals surface area (Å²) in [6.45, 7) is 1.75. The maximum Gasteiger partial charge on any atom is 0.290 e. The first kappa shape index (κ1) is 7.43. The molecule has 3 nitrogen and oxygen atoms in total. The van der Waals surface area contributed by atoms with Gasteiger partial charge in [0.05, 0.1) is 0 Å². The summed E-state index contributed by atoms with van der Waals surface area (Å²) in [6, 6.07) is 0. The van der Waals surface area contributed by atoms with Crippen LogP contribution in [0.3, 0.4) is 0 Å². The summed E-state index contributed by atoms with van der Waals surface area (Å²) in [6.07, 6.45) is 2.56. The van der Waals surface area contributed by atoms with Crippen molar-refractivity contribution in [2.45, 2.75) is 12.8 Å². The molecule has 1 fully saturated rings. The Morgan fingerprint density at radius 2 is 1.75 bits per heavy atom. The van der Waals surface area contributed by atoms with Crippen LogP contribution in [0.5, 0.6) is 0 Å². The van der Waals surface area contributed by atoms with Gasteiger partial charge in [0.2, 0.25) is 0 Å². The zero-order chi connectivity index (χ0) is 6.24. The quantitative estimate of drug-likeness (QED) is 0.471. The lowest BCUT2D eigenvalue weighted by atomic mass is 10.4. The minimum absolute atomic E-state index is 0.250. The molecule has 0 aliphatic carbocycles. The first-order valence-corrected chi connectivity index (χ1v) is 2.57. The van der Waals surface area contributed by atoms with Crippen LogP contribution in [-0.4, -0.2) is 24.8 Å². The Bertz CT molecular complexity index is 42.0. The van der Waals surface area contributed by atoms with Gasteiger partial charge in [0, 0.05) is 13.2 Å². The van der Waals surface area contributed by atoms with Gasteiger partial charge in [0.1, 0.15) is 0 Å². The molecule has 0 aromatic rings. The van der Waals surface area contributed by atoms with Crippen LogP contribution in [0.15, 0.2) is 0 Å². The number of ether oxygens (including phenoxy) is 1. The van der Waals surface area contributed by atoms with Crippen molar-refractivity contribution < 1.29 is 14.6 Å². The standard InChI is InChI=1S/C4H8O.CH2O2/c1-2-4-5-3-1;2-1-3/h1-4H2;1H,(H,2,3). The normalized spacial score (nSPS) is 16.5. The maximum absolute atomic E-state index is 8.36. The molecule has 0 bridgehead atoms. The number of carbonyl (C=O) groups is 1. The van der Waals surface area contributed by atoms with Crippen molar-refractivity contribution in [1.82, 2.24) is 0 Å². The first-order valence-electron chi connectivity index (χ1n) is 2.57. The Labute approximate surface area is 48.3 Å². The lowest BCUT2D eigenvalue weighted by Gasteiger charge is -1.76. The molecule has 0 aromatic heterocycles. The van der Waals surface area contributed by atoms with Crippen molar-refractivity contribution in [1.29, 1.82) is 0 Å². The number of carboxylic acid groups (broad SMARTS) is 1. The highest BCUT2D eigenvalue weighted by molar-refractivity contribution is 5.32. The zero-order valence-corrected chi connectivity index (χ0v) is 4.67. The van der Waals surface area contributed by atoms with Crippen molar-refractivity contribution in [2.75, 3.05) is 13.2 Å². The second-order valence-electron chi connectivity index (χ2n) is 1.42. The van der Waals surface area contributed by atoms with Crippen LogP contribution in [0.4, 0.5) is 0 Å². The molecular formula is C5H10O3. The molecule has 48 valence electrons. The van der Waals surface area contributed by atoms with Gasteiger partial charge in [0.15, 0.2) is 0 Å². The van der Waals surface area contributed by atoms with Gasteiger partial charge in [-0.05, 0) is 12.8 Å². The van der Waals surface area contributed by atoms with E-state index in [4.69, 9.17) is 14.6 Å². The van der Waals surface area contributed by atoms with Gasteiger partial charge in [0.25, 0.3) is 6.47 Å². The summed E-state index contributed by atoms with van der Waals surface area (Å²) in [5.41, 5.74) is 0. The lowest BCUT2D eigenvalue weighted by Crippen LogP contribution is -1.74. The molecular weight excluding hydrogens is 108 g/mol. The van der Waals surface area contributed by atoms with E-state index in [-0.39, 0.29) is 6.47 Å². The molecule has 0 aromatic carbocycles. The highest BCUT2D eigenvalue weighted by atomic mass is 16.5. The van der Waals surface area contributed by atoms with E-state index in [1.54, 1.807) is 0 Å². The summed E-state index contributed by atoms with van der Waals surface area (Å²) in [5, 5.41) is 6.89. The summed E-state index contributed by atoms with van der Waals surface area (Å²) in [7, 11) is 0. The number of hydrogen-bond acceptors (Lipinski definition) is 2. The van der Waals surface area contributed by atoms with Gasteiger partial charge in [-0.25, -0.2) is 0 Å². The smallest absolute Gasteiger partial charge is 0.290 e. The van der Waals surface area contributed by atoms with Crippen LogP contribution >= 0.6 is 0 Å². The van der Waals surface area contributed by atoms with Gasteiger partial charge >= 0.3 is 0 Å². The second-order valence-corrected chi connectivity index (χ2v) is 1.42. The van der Waals surface area contributed by atoms with E-state index < -0.39 is 0 Å². The largest absolute Gasteiger partial charge is 0.483 e. The predicted octanol–water partition coefficient (Wildman–Crippen LogP) is 0.498. The molecule has 1 heterocycles. The minimum Gasteiger partial charge on any atom is -0.483 e. The summed E-state index contributed by atoms with van der Waals surface area (Å²) < 4.78 is 4.94. The van der Waals surface area contributed by atoms with Crippen LogP contribution in [0.25, 0.3) is 0 Å². The molecule has 1 rings (SSSR count). The molecule has 0 saturated carbocycles. The predicted molar refractivity (Wildman–Crippen MR) is 28.7 cm³/mol. The van der Waals surface area contributed by atoms with E-state index in [1.165, 1.54) is 12.8 Å². The topological polar surface area (TPSA) is 46.5 Å². The Kier molecular flexibility index (Phi) is 5.97. The summed E-state index contributed by atoms with van der Waals surface area (Å²) in [5.74, 6) is 0. The van der Waals surface area contributed by atoms with Crippen LogP contribution in [-0.2, 0) is 9.53 Å². The molecule has 0 radical (unpaired) electrons. The van der Waals surface area contributed by atoms with E-state index >= 15 is 0 Å². The van der Waals surface area contributed by atoms with E-state index in [0.717, 1.165) is 13.2 Å². The molecule has 0 atom stereocenters. The van der Waals surface area contributed by atoms with Crippen molar-refractivity contribution in [3.8, 4) is 0 Å². The molecule has 8 heavy (non-hydrogen) atoms. The van der Waals surface area contributed by atoms with Crippen LogP contribution in [0.2, 0.25) is 0 Å². The number of hydrogen-bond donors (Lipinski definition) is 1. The lowest BCUT2D eigenvalue weighted by molar-refractivity contribution is -0.122. The molecule has 0 amide bonds. The molecule has 0 spiro atoms. The van der Waals surface area contributed by atoms with Gasteiger partial charge in [-0.15, -0.1) is 0 Å². The third kappa shape index (κ3) is 5.43. The third-order valence-electron chi connectivity index (χ3n) is 0.827. The summed E-state index contributed by atoms with van der Waals surface area (Å²) >= 11 is 0. The van der Waals surface area contributed by atoms with Crippen molar-refractivity contribution in [3.05, 3.63) is 0 Å². The average Bonchev–Trinajstić information content (AvgIpc) is 2.17. The second kappa shape index (κ2) is 6.43. The fraction of sp³-hybridized carbons (Fsp3) is 0.800. The molecule has 1 N–H and O–H groups in total. The third-order valence-corrected chi connectivity index (χ3v) is 0.827. The van der Waals surface area contributed by atoms with Crippen LogP contribution in [0, 0.1) is 0 Å². The first-order chi connectivity index (χ1) is 3.91.